The predicted octanol–water partition coefficient (Wildman–Crippen LogP) is 1.97. The van der Waals surface area contributed by atoms with E-state index in [2.05, 4.69) is 25.4 Å². The van der Waals surface area contributed by atoms with Gasteiger partial charge in [-0.05, 0) is 50.7 Å². The van der Waals surface area contributed by atoms with Gasteiger partial charge >= 0.3 is 0 Å². The fourth-order valence-corrected chi connectivity index (χ4v) is 4.34. The minimum atomic E-state index is -0.905. The number of benzene rings is 1. The Morgan fingerprint density at radius 2 is 2.18 bits per heavy atom. The average molecular weight is 399 g/mol. The van der Waals surface area contributed by atoms with Crippen LogP contribution in [-0.4, -0.2) is 49.1 Å². The van der Waals surface area contributed by atoms with Crippen molar-refractivity contribution in [1.82, 2.24) is 25.0 Å². The highest BCUT2D eigenvalue weighted by atomic mass is 32.2. The van der Waals surface area contributed by atoms with Crippen LogP contribution in [-0.2, 0) is 23.8 Å². The van der Waals surface area contributed by atoms with Gasteiger partial charge < -0.3 is 20.5 Å². The minimum absolute atomic E-state index is 0.247. The van der Waals surface area contributed by atoms with E-state index in [0.717, 1.165) is 34.7 Å². The Balaban J connectivity index is 1.53. The number of anilines is 3. The van der Waals surface area contributed by atoms with E-state index in [1.165, 1.54) is 0 Å². The lowest BCUT2D eigenvalue weighted by atomic mass is 10.1. The van der Waals surface area contributed by atoms with Crippen LogP contribution >= 0.6 is 0 Å². The van der Waals surface area contributed by atoms with E-state index in [0.29, 0.717) is 23.9 Å². The third-order valence-electron chi connectivity index (χ3n) is 4.31. The molecule has 1 aromatic carbocycles. The molecule has 9 nitrogen and oxygen atoms in total. The lowest BCUT2D eigenvalue weighted by Crippen LogP contribution is -2.11. The van der Waals surface area contributed by atoms with Crippen molar-refractivity contribution in [2.75, 3.05) is 30.9 Å². The van der Waals surface area contributed by atoms with Crippen molar-refractivity contribution in [3.63, 3.8) is 0 Å². The molecule has 1 aliphatic heterocycles. The van der Waals surface area contributed by atoms with Gasteiger partial charge in [0, 0.05) is 22.5 Å². The van der Waals surface area contributed by atoms with Gasteiger partial charge in [0.05, 0.1) is 17.3 Å². The Morgan fingerprint density at radius 3 is 2.96 bits per heavy atom. The Labute approximate surface area is 164 Å². The first-order chi connectivity index (χ1) is 13.5. The van der Waals surface area contributed by atoms with E-state index in [4.69, 9.17) is 10.3 Å². The van der Waals surface area contributed by atoms with Gasteiger partial charge in [-0.2, -0.15) is 9.97 Å². The summed E-state index contributed by atoms with van der Waals surface area (Å²) in [5.41, 5.74) is 8.49. The van der Waals surface area contributed by atoms with E-state index in [-0.39, 0.29) is 11.7 Å². The molecule has 0 bridgehead atoms. The van der Waals surface area contributed by atoms with Gasteiger partial charge in [0.25, 0.3) is 5.89 Å². The highest BCUT2D eigenvalue weighted by Crippen LogP contribution is 2.27. The van der Waals surface area contributed by atoms with Gasteiger partial charge in [-0.1, -0.05) is 5.16 Å². The maximum absolute atomic E-state index is 12.1. The Hall–Kier alpha value is -2.85. The molecule has 2 aromatic heterocycles. The molecule has 1 aliphatic rings. The zero-order valence-corrected chi connectivity index (χ0v) is 16.5. The summed E-state index contributed by atoms with van der Waals surface area (Å²) in [7, 11) is 2.94. The van der Waals surface area contributed by atoms with Crippen molar-refractivity contribution in [3.05, 3.63) is 35.8 Å². The van der Waals surface area contributed by atoms with Gasteiger partial charge in [-0.3, -0.25) is 4.21 Å². The SMILES string of the molecule is CN(C)Cc1noc(-c2cnc(Nc3ccc4c(c3)CCCS4=O)nc2N)n1. The van der Waals surface area contributed by atoms with Crippen LogP contribution < -0.4 is 11.1 Å². The Morgan fingerprint density at radius 1 is 1.32 bits per heavy atom. The first-order valence-corrected chi connectivity index (χ1v) is 10.2. The van der Waals surface area contributed by atoms with Crippen molar-refractivity contribution in [2.24, 2.45) is 0 Å². The van der Waals surface area contributed by atoms with Crippen molar-refractivity contribution >= 4 is 28.3 Å². The molecular formula is C18H21N7O2S. The smallest absolute Gasteiger partial charge is 0.263 e. The van der Waals surface area contributed by atoms with Crippen LogP contribution in [0.5, 0.6) is 0 Å². The van der Waals surface area contributed by atoms with Crippen molar-refractivity contribution < 1.29 is 8.73 Å². The monoisotopic (exact) mass is 399 g/mol. The van der Waals surface area contributed by atoms with Crippen LogP contribution in [0.25, 0.3) is 11.5 Å². The van der Waals surface area contributed by atoms with E-state index in [1.807, 2.05) is 37.2 Å². The van der Waals surface area contributed by atoms with Crippen LogP contribution in [0.4, 0.5) is 17.5 Å². The molecular weight excluding hydrogens is 378 g/mol. The Bertz CT molecular complexity index is 1030. The molecule has 3 aromatic rings. The first-order valence-electron chi connectivity index (χ1n) is 8.88. The number of nitrogens with zero attached hydrogens (tertiary/aromatic N) is 5. The molecule has 3 N–H and O–H groups in total. The molecule has 0 spiro atoms. The lowest BCUT2D eigenvalue weighted by Gasteiger charge is -2.16. The molecule has 1 atom stereocenters. The lowest BCUT2D eigenvalue weighted by molar-refractivity contribution is 0.365. The number of nitrogens with two attached hydrogens (primary N) is 1. The molecule has 0 aliphatic carbocycles. The predicted molar refractivity (Wildman–Crippen MR) is 106 cm³/mol. The minimum Gasteiger partial charge on any atom is -0.383 e. The molecule has 146 valence electrons. The van der Waals surface area contributed by atoms with Crippen LogP contribution in [0.15, 0.2) is 33.8 Å². The van der Waals surface area contributed by atoms with Crippen LogP contribution in [0.3, 0.4) is 0 Å². The normalized spacial score (nSPS) is 16.2. The quantitative estimate of drug-likeness (QED) is 0.662. The number of hydrogen-bond donors (Lipinski definition) is 2. The van der Waals surface area contributed by atoms with E-state index in [9.17, 15) is 4.21 Å². The average Bonchev–Trinajstić information content (AvgIpc) is 3.09. The molecule has 0 radical (unpaired) electrons. The molecule has 0 saturated heterocycles. The molecule has 3 heterocycles. The second kappa shape index (κ2) is 7.64. The van der Waals surface area contributed by atoms with E-state index >= 15 is 0 Å². The van der Waals surface area contributed by atoms with Gasteiger partial charge in [-0.15, -0.1) is 0 Å². The summed E-state index contributed by atoms with van der Waals surface area (Å²) >= 11 is 0. The number of hydrogen-bond acceptors (Lipinski definition) is 9. The van der Waals surface area contributed by atoms with Crippen molar-refractivity contribution in [3.8, 4) is 11.5 Å². The van der Waals surface area contributed by atoms with Crippen molar-refractivity contribution in [1.29, 1.82) is 0 Å². The number of rotatable bonds is 5. The Kier molecular flexibility index (Phi) is 5.05. The maximum Gasteiger partial charge on any atom is 0.263 e. The standard InChI is InChI=1S/C18H21N7O2S/c1-25(2)10-15-22-17(27-24-15)13-9-20-18(23-16(13)19)21-12-5-6-14-11(8-12)4-3-7-28(14)26/h5-6,8-9H,3-4,7,10H2,1-2H3,(H3,19,20,21,23). The van der Waals surface area contributed by atoms with Crippen molar-refractivity contribution in [2.45, 2.75) is 24.3 Å². The highest BCUT2D eigenvalue weighted by Gasteiger charge is 2.17. The summed E-state index contributed by atoms with van der Waals surface area (Å²) in [5, 5.41) is 7.08. The third-order valence-corrected chi connectivity index (χ3v) is 5.86. The number of aromatic nitrogens is 4. The molecule has 0 saturated carbocycles. The van der Waals surface area contributed by atoms with Gasteiger partial charge in [-0.25, -0.2) is 4.98 Å². The maximum atomic E-state index is 12.1. The first kappa shape index (κ1) is 18.5. The topological polar surface area (TPSA) is 123 Å². The third kappa shape index (κ3) is 3.87. The van der Waals surface area contributed by atoms with Crippen LogP contribution in [0.2, 0.25) is 0 Å². The number of nitrogens with one attached hydrogen (secondary N) is 1. The molecule has 28 heavy (non-hydrogen) atoms. The summed E-state index contributed by atoms with van der Waals surface area (Å²) in [6.45, 7) is 0.563. The van der Waals surface area contributed by atoms with Gasteiger partial charge in [0.2, 0.25) is 5.95 Å². The molecule has 0 amide bonds. The summed E-state index contributed by atoms with van der Waals surface area (Å²) < 4.78 is 17.3. The summed E-state index contributed by atoms with van der Waals surface area (Å²) in [5.74, 6) is 2.19. The van der Waals surface area contributed by atoms with E-state index < -0.39 is 10.8 Å². The second-order valence-electron chi connectivity index (χ2n) is 6.85. The van der Waals surface area contributed by atoms with Gasteiger partial charge in [0.1, 0.15) is 11.4 Å². The molecule has 10 heteroatoms. The highest BCUT2D eigenvalue weighted by molar-refractivity contribution is 7.85. The molecule has 4 rings (SSSR count). The number of nitrogen functional groups attached to an aromatic ring is 1. The molecule has 1 unspecified atom stereocenters. The summed E-state index contributed by atoms with van der Waals surface area (Å²) in [6, 6.07) is 5.77. The number of aryl methyl sites for hydroxylation is 1. The summed E-state index contributed by atoms with van der Waals surface area (Å²) in [4.78, 5) is 15.8. The van der Waals surface area contributed by atoms with E-state index in [1.54, 1.807) is 6.20 Å². The fourth-order valence-electron chi connectivity index (χ4n) is 3.04. The zero-order chi connectivity index (χ0) is 19.7. The largest absolute Gasteiger partial charge is 0.383 e. The molecule has 0 fully saturated rings. The van der Waals surface area contributed by atoms with Crippen LogP contribution in [0, 0.1) is 0 Å². The zero-order valence-electron chi connectivity index (χ0n) is 15.7. The number of fused-ring (bicyclic) bond motifs is 1. The van der Waals surface area contributed by atoms with Gasteiger partial charge in [0.15, 0.2) is 5.82 Å². The summed E-state index contributed by atoms with van der Waals surface area (Å²) in [6.07, 6.45) is 3.41. The van der Waals surface area contributed by atoms with Crippen LogP contribution in [0.1, 0.15) is 17.8 Å². The second-order valence-corrected chi connectivity index (χ2v) is 8.39. The fraction of sp³-hybridized carbons (Fsp3) is 0.333.